The number of methoxy groups -OCH3 is 3. The summed E-state index contributed by atoms with van der Waals surface area (Å²) in [5.74, 6) is -1.50. The highest BCUT2D eigenvalue weighted by molar-refractivity contribution is 6.04. The van der Waals surface area contributed by atoms with E-state index in [1.165, 1.54) is 38.2 Å². The lowest BCUT2D eigenvalue weighted by Crippen LogP contribution is -2.26. The van der Waals surface area contributed by atoms with Gasteiger partial charge in [-0.3, -0.25) is 4.79 Å². The minimum Gasteiger partial charge on any atom is -0.496 e. The standard InChI is InChI=1S/C23H21FN2O6/c1-30-17-10-19(32-3)18(31-2)8-12(17)13-9-20(27)25-21-14(23(28)29)11-26(22(13)21)16-7-5-4-6-15(16)24/h4-8,10-11,13H,9H2,1-3H3,(H,25,27)(H,28,29). The smallest absolute Gasteiger partial charge is 0.339 e. The largest absolute Gasteiger partial charge is 0.496 e. The Bertz CT molecular complexity index is 1220. The van der Waals surface area contributed by atoms with Crippen LogP contribution in [-0.2, 0) is 4.79 Å². The molecule has 32 heavy (non-hydrogen) atoms. The summed E-state index contributed by atoms with van der Waals surface area (Å²) in [4.78, 5) is 24.5. The number of carbonyl (C=O) groups is 2. The Morgan fingerprint density at radius 3 is 2.38 bits per heavy atom. The number of anilines is 1. The molecule has 2 N–H and O–H groups in total. The van der Waals surface area contributed by atoms with Crippen LogP contribution in [0.2, 0.25) is 0 Å². The third-order valence-electron chi connectivity index (χ3n) is 5.48. The summed E-state index contributed by atoms with van der Waals surface area (Å²) < 4.78 is 32.5. The van der Waals surface area contributed by atoms with Gasteiger partial charge in [-0.15, -0.1) is 0 Å². The molecule has 0 aliphatic carbocycles. The molecular formula is C23H21FN2O6. The van der Waals surface area contributed by atoms with E-state index in [0.29, 0.717) is 28.5 Å². The number of amides is 1. The molecule has 2 heterocycles. The van der Waals surface area contributed by atoms with Crippen molar-refractivity contribution in [1.82, 2.24) is 4.57 Å². The predicted octanol–water partition coefficient (Wildman–Crippen LogP) is 3.81. The molecule has 0 spiro atoms. The van der Waals surface area contributed by atoms with E-state index in [1.807, 2.05) is 0 Å². The van der Waals surface area contributed by atoms with E-state index in [9.17, 15) is 19.1 Å². The molecule has 0 fully saturated rings. The van der Waals surface area contributed by atoms with Gasteiger partial charge in [0.2, 0.25) is 5.91 Å². The summed E-state index contributed by atoms with van der Waals surface area (Å²) in [7, 11) is 4.45. The first-order valence-corrected chi connectivity index (χ1v) is 9.72. The van der Waals surface area contributed by atoms with Crippen LogP contribution in [0.4, 0.5) is 10.1 Å². The van der Waals surface area contributed by atoms with Crippen LogP contribution >= 0.6 is 0 Å². The van der Waals surface area contributed by atoms with Crippen molar-refractivity contribution in [1.29, 1.82) is 0 Å². The number of hydrogen-bond acceptors (Lipinski definition) is 5. The minimum absolute atomic E-state index is 0.00360. The summed E-state index contributed by atoms with van der Waals surface area (Å²) in [5, 5.41) is 12.4. The van der Waals surface area contributed by atoms with Gasteiger partial charge in [0.1, 0.15) is 17.1 Å². The lowest BCUT2D eigenvalue weighted by atomic mass is 9.87. The summed E-state index contributed by atoms with van der Waals surface area (Å²) in [5.41, 5.74) is 1.16. The fraction of sp³-hybridized carbons (Fsp3) is 0.217. The van der Waals surface area contributed by atoms with Crippen LogP contribution < -0.4 is 19.5 Å². The molecule has 0 saturated heterocycles. The zero-order valence-electron chi connectivity index (χ0n) is 17.6. The number of aromatic nitrogens is 1. The van der Waals surface area contributed by atoms with Crippen molar-refractivity contribution in [2.45, 2.75) is 12.3 Å². The maximum absolute atomic E-state index is 14.7. The lowest BCUT2D eigenvalue weighted by molar-refractivity contribution is -0.116. The van der Waals surface area contributed by atoms with Gasteiger partial charge >= 0.3 is 5.97 Å². The number of carboxylic acids is 1. The number of ether oxygens (including phenoxy) is 3. The third kappa shape index (κ3) is 3.41. The van der Waals surface area contributed by atoms with Crippen LogP contribution in [0.5, 0.6) is 17.2 Å². The number of carboxylic acid groups (broad SMARTS) is 1. The maximum Gasteiger partial charge on any atom is 0.339 e. The Hall–Kier alpha value is -4.01. The molecule has 1 aliphatic heterocycles. The molecule has 1 unspecified atom stereocenters. The van der Waals surface area contributed by atoms with Gasteiger partial charge in [-0.05, 0) is 18.2 Å². The van der Waals surface area contributed by atoms with E-state index in [1.54, 1.807) is 30.3 Å². The van der Waals surface area contributed by atoms with E-state index >= 15 is 0 Å². The van der Waals surface area contributed by atoms with Gasteiger partial charge in [-0.2, -0.15) is 0 Å². The number of aromatic carboxylic acids is 1. The first kappa shape index (κ1) is 21.2. The number of rotatable bonds is 6. The number of halogens is 1. The van der Waals surface area contributed by atoms with E-state index in [0.717, 1.165) is 0 Å². The second-order valence-electron chi connectivity index (χ2n) is 7.18. The molecule has 1 aliphatic rings. The summed E-state index contributed by atoms with van der Waals surface area (Å²) in [6.45, 7) is 0. The highest BCUT2D eigenvalue weighted by atomic mass is 19.1. The van der Waals surface area contributed by atoms with Crippen molar-refractivity contribution in [3.05, 3.63) is 65.2 Å². The van der Waals surface area contributed by atoms with Crippen molar-refractivity contribution in [2.75, 3.05) is 26.6 Å². The molecule has 1 amide bonds. The normalized spacial score (nSPS) is 15.0. The second-order valence-corrected chi connectivity index (χ2v) is 7.18. The zero-order valence-corrected chi connectivity index (χ0v) is 17.6. The van der Waals surface area contributed by atoms with Gasteiger partial charge in [0.25, 0.3) is 0 Å². The highest BCUT2D eigenvalue weighted by Gasteiger charge is 2.36. The van der Waals surface area contributed by atoms with Gasteiger partial charge < -0.3 is 29.2 Å². The average molecular weight is 440 g/mol. The number of benzene rings is 2. The van der Waals surface area contributed by atoms with Crippen molar-refractivity contribution in [3.63, 3.8) is 0 Å². The summed E-state index contributed by atoms with van der Waals surface area (Å²) >= 11 is 0. The lowest BCUT2D eigenvalue weighted by Gasteiger charge is -2.28. The number of para-hydroxylation sites is 1. The van der Waals surface area contributed by atoms with Crippen LogP contribution in [0, 0.1) is 5.82 Å². The molecule has 9 heteroatoms. The van der Waals surface area contributed by atoms with E-state index in [-0.39, 0.29) is 29.3 Å². The zero-order chi connectivity index (χ0) is 23.0. The summed E-state index contributed by atoms with van der Waals surface area (Å²) in [6.07, 6.45) is 1.31. The number of nitrogens with zero attached hydrogens (tertiary/aromatic N) is 1. The Morgan fingerprint density at radius 1 is 1.09 bits per heavy atom. The molecule has 0 saturated carbocycles. The molecule has 3 aromatic rings. The van der Waals surface area contributed by atoms with Gasteiger partial charge in [-0.1, -0.05) is 12.1 Å². The quantitative estimate of drug-likeness (QED) is 0.605. The SMILES string of the molecule is COc1cc(OC)c(C2CC(=O)Nc3c(C(=O)O)cn(-c4ccccc4F)c32)cc1OC. The van der Waals surface area contributed by atoms with Crippen LogP contribution in [0.15, 0.2) is 42.6 Å². The Kier molecular flexibility index (Phi) is 5.48. The highest BCUT2D eigenvalue weighted by Crippen LogP contribution is 2.47. The Labute approximate surface area is 183 Å². The summed E-state index contributed by atoms with van der Waals surface area (Å²) in [6, 6.07) is 9.34. The topological polar surface area (TPSA) is 99.0 Å². The van der Waals surface area contributed by atoms with E-state index in [4.69, 9.17) is 14.2 Å². The molecule has 1 aromatic heterocycles. The Morgan fingerprint density at radius 2 is 1.75 bits per heavy atom. The monoisotopic (exact) mass is 440 g/mol. The number of carbonyl (C=O) groups excluding carboxylic acids is 1. The van der Waals surface area contributed by atoms with Crippen molar-refractivity contribution < 1.29 is 33.3 Å². The molecule has 1 atom stereocenters. The molecule has 8 nitrogen and oxygen atoms in total. The van der Waals surface area contributed by atoms with Crippen LogP contribution in [0.1, 0.15) is 34.0 Å². The molecule has 166 valence electrons. The number of nitrogens with one attached hydrogen (secondary N) is 1. The number of hydrogen-bond donors (Lipinski definition) is 2. The molecular weight excluding hydrogens is 419 g/mol. The molecule has 0 radical (unpaired) electrons. The Balaban J connectivity index is 2.02. The molecule has 2 aromatic carbocycles. The van der Waals surface area contributed by atoms with Crippen molar-refractivity contribution in [2.24, 2.45) is 0 Å². The third-order valence-corrected chi connectivity index (χ3v) is 5.48. The van der Waals surface area contributed by atoms with E-state index < -0.39 is 17.7 Å². The predicted molar refractivity (Wildman–Crippen MR) is 114 cm³/mol. The van der Waals surface area contributed by atoms with Gasteiger partial charge in [0.05, 0.1) is 38.4 Å². The fourth-order valence-electron chi connectivity index (χ4n) is 4.06. The van der Waals surface area contributed by atoms with Crippen molar-refractivity contribution >= 4 is 17.6 Å². The minimum atomic E-state index is -1.24. The first-order valence-electron chi connectivity index (χ1n) is 9.72. The van der Waals surface area contributed by atoms with Crippen molar-refractivity contribution in [3.8, 4) is 22.9 Å². The van der Waals surface area contributed by atoms with Crippen LogP contribution in [0.3, 0.4) is 0 Å². The first-order chi connectivity index (χ1) is 15.4. The van der Waals surface area contributed by atoms with E-state index in [2.05, 4.69) is 5.32 Å². The maximum atomic E-state index is 14.7. The molecule has 0 bridgehead atoms. The number of fused-ring (bicyclic) bond motifs is 1. The second kappa shape index (κ2) is 8.26. The molecule has 4 rings (SSSR count). The average Bonchev–Trinajstić information content (AvgIpc) is 3.17. The fourth-order valence-corrected chi connectivity index (χ4v) is 4.06. The van der Waals surface area contributed by atoms with Gasteiger partial charge in [-0.25, -0.2) is 9.18 Å². The van der Waals surface area contributed by atoms with Gasteiger partial charge in [0, 0.05) is 30.2 Å². The van der Waals surface area contributed by atoms with Crippen LogP contribution in [0.25, 0.3) is 5.69 Å². The van der Waals surface area contributed by atoms with Gasteiger partial charge in [0.15, 0.2) is 11.5 Å². The van der Waals surface area contributed by atoms with Crippen LogP contribution in [-0.4, -0.2) is 42.9 Å².